The van der Waals surface area contributed by atoms with Gasteiger partial charge in [-0.1, -0.05) is 211 Å². The Bertz CT molecular complexity index is 1170. The van der Waals surface area contributed by atoms with Crippen molar-refractivity contribution in [2.45, 2.75) is 294 Å². The summed E-state index contributed by atoms with van der Waals surface area (Å²) in [5.41, 5.74) is 0. The molecule has 1 aliphatic rings. The highest BCUT2D eigenvalue weighted by Crippen LogP contribution is 2.23. The summed E-state index contributed by atoms with van der Waals surface area (Å²) in [6.07, 6.45) is 42.0. The summed E-state index contributed by atoms with van der Waals surface area (Å²) >= 11 is 0. The summed E-state index contributed by atoms with van der Waals surface area (Å²) < 4.78 is 11.1. The summed E-state index contributed by atoms with van der Waals surface area (Å²) in [5.74, 6) is -0.711. The monoisotopic (exact) mass is 938 g/mol. The van der Waals surface area contributed by atoms with Gasteiger partial charge in [0.25, 0.3) is 0 Å². The van der Waals surface area contributed by atoms with Crippen LogP contribution >= 0.6 is 0 Å². The predicted molar refractivity (Wildman–Crippen MR) is 270 cm³/mol. The lowest BCUT2D eigenvalue weighted by atomic mass is 9.98. The van der Waals surface area contributed by atoms with Gasteiger partial charge in [-0.15, -0.1) is 0 Å². The molecule has 8 N–H and O–H groups in total. The first-order chi connectivity index (χ1) is 32.2. The van der Waals surface area contributed by atoms with Crippen LogP contribution in [0.3, 0.4) is 0 Å². The van der Waals surface area contributed by atoms with E-state index in [0.29, 0.717) is 19.3 Å². The van der Waals surface area contributed by atoms with Gasteiger partial charge in [0.15, 0.2) is 6.29 Å². The number of aliphatic hydroxyl groups is 7. The summed E-state index contributed by atoms with van der Waals surface area (Å²) in [6.45, 7) is 3.44. The Kier molecular flexibility index (Phi) is 42.1. The van der Waals surface area contributed by atoms with Gasteiger partial charge in [0.2, 0.25) is 5.91 Å². The fourth-order valence-corrected chi connectivity index (χ4v) is 8.65. The average molecular weight is 938 g/mol. The lowest BCUT2D eigenvalue weighted by molar-refractivity contribution is -0.303. The fraction of sp³-hybridized carbons (Fsp3) is 0.873. The lowest BCUT2D eigenvalue weighted by Crippen LogP contribution is -2.60. The van der Waals surface area contributed by atoms with Crippen molar-refractivity contribution in [3.8, 4) is 0 Å². The van der Waals surface area contributed by atoms with Crippen LogP contribution in [0, 0.1) is 0 Å². The average Bonchev–Trinajstić information content (AvgIpc) is 3.32. The SMILES string of the molecule is CCCCCCCCCCCCCC/C=C/CC/C=C/CC/C=C/CCCC(O)C(O)C(COC1OC(CO)C(O)C(O)C1O)NC(=O)C(O)CCCCCCCCCCCCCCCC. The minimum atomic E-state index is -1.67. The number of aliphatic hydroxyl groups excluding tert-OH is 7. The maximum atomic E-state index is 13.1. The van der Waals surface area contributed by atoms with E-state index in [1.807, 2.05) is 0 Å². The molecule has 0 saturated carbocycles. The quantitative estimate of drug-likeness (QED) is 0.0215. The lowest BCUT2D eigenvalue weighted by Gasteiger charge is -2.40. The maximum absolute atomic E-state index is 13.1. The van der Waals surface area contributed by atoms with Crippen LogP contribution in [0.15, 0.2) is 36.5 Å². The van der Waals surface area contributed by atoms with E-state index in [1.54, 1.807) is 0 Å². The molecule has 9 unspecified atom stereocenters. The molecule has 388 valence electrons. The molecular weight excluding hydrogens is 835 g/mol. The smallest absolute Gasteiger partial charge is 0.249 e. The van der Waals surface area contributed by atoms with Gasteiger partial charge in [0, 0.05) is 0 Å². The topological polar surface area (TPSA) is 189 Å². The second-order valence-corrected chi connectivity index (χ2v) is 19.3. The van der Waals surface area contributed by atoms with Crippen molar-refractivity contribution in [3.05, 3.63) is 36.5 Å². The molecule has 1 rings (SSSR count). The molecule has 1 aliphatic heterocycles. The molecule has 11 nitrogen and oxygen atoms in total. The molecule has 1 fully saturated rings. The molecule has 1 heterocycles. The van der Waals surface area contributed by atoms with E-state index in [1.165, 1.54) is 148 Å². The van der Waals surface area contributed by atoms with Crippen LogP contribution in [-0.2, 0) is 14.3 Å². The number of unbranched alkanes of at least 4 members (excludes halogenated alkanes) is 28. The van der Waals surface area contributed by atoms with Crippen LogP contribution in [0.5, 0.6) is 0 Å². The highest BCUT2D eigenvalue weighted by atomic mass is 16.7. The fourth-order valence-electron chi connectivity index (χ4n) is 8.65. The van der Waals surface area contributed by atoms with Crippen LogP contribution in [0.4, 0.5) is 0 Å². The number of ether oxygens (including phenoxy) is 2. The number of hydrogen-bond acceptors (Lipinski definition) is 10. The van der Waals surface area contributed by atoms with Crippen LogP contribution in [0.1, 0.15) is 239 Å². The van der Waals surface area contributed by atoms with Gasteiger partial charge in [0.05, 0.1) is 25.4 Å². The zero-order chi connectivity index (χ0) is 48.3. The molecule has 0 bridgehead atoms. The third-order valence-electron chi connectivity index (χ3n) is 13.2. The molecule has 0 aromatic rings. The first kappa shape index (κ1) is 62.3. The first-order valence-electron chi connectivity index (χ1n) is 27.4. The van der Waals surface area contributed by atoms with Gasteiger partial charge in [-0.05, 0) is 64.2 Å². The van der Waals surface area contributed by atoms with E-state index in [2.05, 4.69) is 55.6 Å². The van der Waals surface area contributed by atoms with E-state index in [0.717, 1.165) is 44.9 Å². The Morgan fingerprint density at radius 2 is 0.909 bits per heavy atom. The highest BCUT2D eigenvalue weighted by Gasteiger charge is 2.44. The number of rotatable bonds is 46. The Labute approximate surface area is 403 Å². The van der Waals surface area contributed by atoms with Gasteiger partial charge in [-0.25, -0.2) is 0 Å². The number of allylic oxidation sites excluding steroid dienone is 6. The predicted octanol–water partition coefficient (Wildman–Crippen LogP) is 10.7. The normalized spacial score (nSPS) is 21.0. The first-order valence-corrected chi connectivity index (χ1v) is 27.4. The summed E-state index contributed by atoms with van der Waals surface area (Å²) in [5, 5.41) is 75.9. The molecule has 1 amide bonds. The van der Waals surface area contributed by atoms with E-state index < -0.39 is 74.2 Å². The van der Waals surface area contributed by atoms with Gasteiger partial charge >= 0.3 is 0 Å². The Morgan fingerprint density at radius 1 is 0.515 bits per heavy atom. The number of nitrogens with one attached hydrogen (secondary N) is 1. The molecule has 0 spiro atoms. The number of hydrogen-bond donors (Lipinski definition) is 8. The van der Waals surface area contributed by atoms with Crippen LogP contribution in [-0.4, -0.2) is 110 Å². The van der Waals surface area contributed by atoms with Crippen LogP contribution < -0.4 is 5.32 Å². The summed E-state index contributed by atoms with van der Waals surface area (Å²) in [6, 6.07) is -1.19. The Balaban J connectivity index is 2.37. The molecule has 0 aromatic carbocycles. The van der Waals surface area contributed by atoms with Crippen molar-refractivity contribution >= 4 is 5.91 Å². The van der Waals surface area contributed by atoms with Gasteiger partial charge < -0.3 is 50.5 Å². The Morgan fingerprint density at radius 3 is 1.35 bits per heavy atom. The van der Waals surface area contributed by atoms with Gasteiger partial charge in [-0.2, -0.15) is 0 Å². The van der Waals surface area contributed by atoms with Crippen LogP contribution in [0.2, 0.25) is 0 Å². The zero-order valence-electron chi connectivity index (χ0n) is 42.2. The van der Waals surface area contributed by atoms with Gasteiger partial charge in [-0.3, -0.25) is 4.79 Å². The molecule has 1 saturated heterocycles. The molecule has 0 aromatic heterocycles. The minimum Gasteiger partial charge on any atom is -0.394 e. The summed E-state index contributed by atoms with van der Waals surface area (Å²) in [4.78, 5) is 13.1. The number of carbonyl (C=O) groups excluding carboxylic acids is 1. The second kappa shape index (κ2) is 44.5. The third kappa shape index (κ3) is 33.0. The van der Waals surface area contributed by atoms with Crippen molar-refractivity contribution in [2.24, 2.45) is 0 Å². The second-order valence-electron chi connectivity index (χ2n) is 19.3. The molecule has 66 heavy (non-hydrogen) atoms. The molecule has 11 heteroatoms. The van der Waals surface area contributed by atoms with E-state index in [-0.39, 0.29) is 12.8 Å². The summed E-state index contributed by atoms with van der Waals surface area (Å²) in [7, 11) is 0. The third-order valence-corrected chi connectivity index (χ3v) is 13.2. The van der Waals surface area contributed by atoms with Crippen molar-refractivity contribution in [2.75, 3.05) is 13.2 Å². The minimum absolute atomic E-state index is 0.242. The highest BCUT2D eigenvalue weighted by molar-refractivity contribution is 5.80. The zero-order valence-corrected chi connectivity index (χ0v) is 42.2. The molecule has 0 radical (unpaired) electrons. The van der Waals surface area contributed by atoms with E-state index >= 15 is 0 Å². The van der Waals surface area contributed by atoms with E-state index in [9.17, 15) is 40.5 Å². The largest absolute Gasteiger partial charge is 0.394 e. The van der Waals surface area contributed by atoms with Crippen molar-refractivity contribution < 1.29 is 50.0 Å². The molecule has 0 aliphatic carbocycles. The standard InChI is InChI=1S/C55H103NO10/c1-3-5-7-9-11-13-15-17-19-20-21-22-23-24-25-26-27-28-29-31-32-34-36-38-40-42-47(58)50(60)46(45-65-55-53(63)52(62)51(61)49(44-57)66-55)56-54(64)48(59)43-41-39-37-35-33-30-18-16-14-12-10-8-6-4-2/h24-25,28-29,34,36,46-53,55,57-63H,3-23,26-27,30-33,35,37-45H2,1-2H3,(H,56,64)/b25-24+,29-28+,36-34+. The maximum Gasteiger partial charge on any atom is 0.249 e. The van der Waals surface area contributed by atoms with E-state index in [4.69, 9.17) is 9.47 Å². The van der Waals surface area contributed by atoms with Crippen molar-refractivity contribution in [1.82, 2.24) is 5.32 Å². The number of carbonyl (C=O) groups is 1. The molecular formula is C55H103NO10. The Hall–Kier alpha value is -1.67. The van der Waals surface area contributed by atoms with Crippen LogP contribution in [0.25, 0.3) is 0 Å². The number of amides is 1. The van der Waals surface area contributed by atoms with Gasteiger partial charge in [0.1, 0.15) is 36.6 Å². The van der Waals surface area contributed by atoms with Crippen molar-refractivity contribution in [3.63, 3.8) is 0 Å². The molecule has 9 atom stereocenters. The van der Waals surface area contributed by atoms with Crippen molar-refractivity contribution in [1.29, 1.82) is 0 Å².